The van der Waals surface area contributed by atoms with Gasteiger partial charge in [-0.2, -0.15) is 9.97 Å². The van der Waals surface area contributed by atoms with Crippen molar-refractivity contribution in [3.8, 4) is 0 Å². The Labute approximate surface area is 103 Å². The summed E-state index contributed by atoms with van der Waals surface area (Å²) in [6.45, 7) is 2.95. The first kappa shape index (κ1) is 12.1. The molecule has 0 saturated carbocycles. The Balaban J connectivity index is 2.14. The third kappa shape index (κ3) is 2.83. The van der Waals surface area contributed by atoms with E-state index in [1.54, 1.807) is 6.33 Å². The van der Waals surface area contributed by atoms with Crippen molar-refractivity contribution in [1.82, 2.24) is 19.9 Å². The summed E-state index contributed by atoms with van der Waals surface area (Å²) >= 11 is 5.80. The van der Waals surface area contributed by atoms with Crippen molar-refractivity contribution in [2.75, 3.05) is 18.5 Å². The Morgan fingerprint density at radius 2 is 2.35 bits per heavy atom. The first-order valence-electron chi connectivity index (χ1n) is 5.42. The van der Waals surface area contributed by atoms with E-state index < -0.39 is 0 Å². The number of hydrogen-bond acceptors (Lipinski definition) is 5. The Morgan fingerprint density at radius 3 is 3.12 bits per heavy atom. The predicted octanol–water partition coefficient (Wildman–Crippen LogP) is 1.44. The van der Waals surface area contributed by atoms with Crippen LogP contribution in [0.3, 0.4) is 0 Å². The number of hydrogen-bond donors (Lipinski definition) is 3. The minimum absolute atomic E-state index is 0.168. The van der Waals surface area contributed by atoms with E-state index in [-0.39, 0.29) is 11.9 Å². The molecule has 0 radical (unpaired) electrons. The van der Waals surface area contributed by atoms with E-state index in [9.17, 15) is 0 Å². The fourth-order valence-corrected chi connectivity index (χ4v) is 1.69. The Hall–Kier alpha value is -1.40. The van der Waals surface area contributed by atoms with Crippen LogP contribution in [-0.4, -0.2) is 38.2 Å². The number of fused-ring (bicyclic) bond motifs is 1. The molecule has 2 aromatic heterocycles. The minimum atomic E-state index is 0.168. The molecule has 0 saturated heterocycles. The second-order valence-electron chi connectivity index (χ2n) is 3.94. The molecule has 0 amide bonds. The fraction of sp³-hybridized carbons (Fsp3) is 0.500. The van der Waals surface area contributed by atoms with Crippen molar-refractivity contribution in [3.05, 3.63) is 11.6 Å². The van der Waals surface area contributed by atoms with Gasteiger partial charge in [0.05, 0.1) is 6.33 Å². The van der Waals surface area contributed by atoms with E-state index >= 15 is 0 Å². The zero-order valence-corrected chi connectivity index (χ0v) is 10.2. The van der Waals surface area contributed by atoms with Crippen LogP contribution in [-0.2, 0) is 0 Å². The smallest absolute Gasteiger partial charge is 0.226 e. The Kier molecular flexibility index (Phi) is 3.75. The van der Waals surface area contributed by atoms with Gasteiger partial charge in [-0.1, -0.05) is 6.92 Å². The standard InChI is InChI=1S/C10H14ClN5O/c1-6(2-3-17)4-12-8-7-9(14-5-13-7)16-10(11)15-8/h5-6,17H,2-4H2,1H3,(H2,12,13,14,15,16). The van der Waals surface area contributed by atoms with Gasteiger partial charge in [-0.25, -0.2) is 4.98 Å². The average molecular weight is 256 g/mol. The molecule has 0 bridgehead atoms. The lowest BCUT2D eigenvalue weighted by molar-refractivity contribution is 0.266. The summed E-state index contributed by atoms with van der Waals surface area (Å²) in [4.78, 5) is 15.1. The van der Waals surface area contributed by atoms with Crippen molar-refractivity contribution in [2.24, 2.45) is 5.92 Å². The lowest BCUT2D eigenvalue weighted by atomic mass is 10.1. The molecule has 2 heterocycles. The van der Waals surface area contributed by atoms with Crippen molar-refractivity contribution in [3.63, 3.8) is 0 Å². The molecule has 0 aliphatic heterocycles. The van der Waals surface area contributed by atoms with Crippen molar-refractivity contribution < 1.29 is 5.11 Å². The SMILES string of the molecule is CC(CCO)CNc1nc(Cl)nc2nc[nH]c12. The molecule has 1 unspecified atom stereocenters. The molecule has 92 valence electrons. The van der Waals surface area contributed by atoms with Gasteiger partial charge in [0.15, 0.2) is 11.5 Å². The van der Waals surface area contributed by atoms with Crippen LogP contribution in [0.25, 0.3) is 11.2 Å². The van der Waals surface area contributed by atoms with Crippen LogP contribution in [0.15, 0.2) is 6.33 Å². The largest absolute Gasteiger partial charge is 0.396 e. The van der Waals surface area contributed by atoms with E-state index in [4.69, 9.17) is 16.7 Å². The van der Waals surface area contributed by atoms with E-state index in [0.29, 0.717) is 23.9 Å². The molecule has 1 atom stereocenters. The molecule has 6 nitrogen and oxygen atoms in total. The second kappa shape index (κ2) is 5.29. The minimum Gasteiger partial charge on any atom is -0.396 e. The van der Waals surface area contributed by atoms with E-state index in [1.807, 2.05) is 0 Å². The van der Waals surface area contributed by atoms with Crippen LogP contribution in [0.5, 0.6) is 0 Å². The fourth-order valence-electron chi connectivity index (χ4n) is 1.53. The monoisotopic (exact) mass is 255 g/mol. The topological polar surface area (TPSA) is 86.7 Å². The summed E-state index contributed by atoms with van der Waals surface area (Å²) in [5.41, 5.74) is 1.29. The van der Waals surface area contributed by atoms with Crippen LogP contribution in [0.4, 0.5) is 5.82 Å². The molecule has 0 aromatic carbocycles. The lowest BCUT2D eigenvalue weighted by Gasteiger charge is -2.11. The number of nitrogens with one attached hydrogen (secondary N) is 2. The third-order valence-corrected chi connectivity index (χ3v) is 2.67. The van der Waals surface area contributed by atoms with Gasteiger partial charge in [0.25, 0.3) is 0 Å². The highest BCUT2D eigenvalue weighted by atomic mass is 35.5. The van der Waals surface area contributed by atoms with Gasteiger partial charge >= 0.3 is 0 Å². The molecule has 17 heavy (non-hydrogen) atoms. The number of H-pyrrole nitrogens is 1. The second-order valence-corrected chi connectivity index (χ2v) is 4.28. The van der Waals surface area contributed by atoms with Crippen molar-refractivity contribution >= 4 is 28.6 Å². The van der Waals surface area contributed by atoms with Crippen molar-refractivity contribution in [1.29, 1.82) is 0 Å². The molecule has 0 spiro atoms. The zero-order valence-electron chi connectivity index (χ0n) is 9.44. The molecule has 7 heteroatoms. The average Bonchev–Trinajstić information content (AvgIpc) is 2.74. The first-order valence-corrected chi connectivity index (χ1v) is 5.80. The lowest BCUT2D eigenvalue weighted by Crippen LogP contribution is -2.14. The van der Waals surface area contributed by atoms with E-state index in [2.05, 4.69) is 32.2 Å². The Morgan fingerprint density at radius 1 is 1.53 bits per heavy atom. The number of aromatic amines is 1. The summed E-state index contributed by atoms with van der Waals surface area (Å²) in [5.74, 6) is 0.994. The number of nitrogens with zero attached hydrogens (tertiary/aromatic N) is 3. The molecule has 0 aliphatic carbocycles. The maximum atomic E-state index is 8.83. The van der Waals surface area contributed by atoms with Crippen molar-refractivity contribution in [2.45, 2.75) is 13.3 Å². The maximum Gasteiger partial charge on any atom is 0.226 e. The molecule has 2 rings (SSSR count). The third-order valence-electron chi connectivity index (χ3n) is 2.50. The van der Waals surface area contributed by atoms with Gasteiger partial charge in [0.1, 0.15) is 5.52 Å². The van der Waals surface area contributed by atoms with Gasteiger partial charge in [-0.15, -0.1) is 0 Å². The summed E-state index contributed by atoms with van der Waals surface area (Å²) in [6.07, 6.45) is 2.30. The highest BCUT2D eigenvalue weighted by Gasteiger charge is 2.09. The van der Waals surface area contributed by atoms with E-state index in [0.717, 1.165) is 11.9 Å². The number of halogens is 1. The predicted molar refractivity (Wildman–Crippen MR) is 66.1 cm³/mol. The van der Waals surface area contributed by atoms with Crippen LogP contribution in [0, 0.1) is 5.92 Å². The molecule has 0 fully saturated rings. The van der Waals surface area contributed by atoms with Crippen LogP contribution in [0.2, 0.25) is 5.28 Å². The summed E-state index contributed by atoms with van der Waals surface area (Å²) < 4.78 is 0. The van der Waals surface area contributed by atoms with Gasteiger partial charge in [-0.05, 0) is 23.9 Å². The number of anilines is 1. The molecule has 2 aromatic rings. The highest BCUT2D eigenvalue weighted by Crippen LogP contribution is 2.18. The van der Waals surface area contributed by atoms with Crippen LogP contribution in [0.1, 0.15) is 13.3 Å². The zero-order chi connectivity index (χ0) is 12.3. The van der Waals surface area contributed by atoms with Gasteiger partial charge in [0, 0.05) is 13.2 Å². The normalized spacial score (nSPS) is 12.9. The summed E-state index contributed by atoms with van der Waals surface area (Å²) in [5, 5.41) is 12.2. The summed E-state index contributed by atoms with van der Waals surface area (Å²) in [7, 11) is 0. The Bertz CT molecular complexity index is 500. The number of imidazole rings is 1. The highest BCUT2D eigenvalue weighted by molar-refractivity contribution is 6.28. The summed E-state index contributed by atoms with van der Waals surface area (Å²) in [6, 6.07) is 0. The van der Waals surface area contributed by atoms with Crippen LogP contribution < -0.4 is 5.32 Å². The quantitative estimate of drug-likeness (QED) is 0.704. The molecular formula is C10H14ClN5O. The first-order chi connectivity index (χ1) is 8.20. The molecule has 3 N–H and O–H groups in total. The van der Waals surface area contributed by atoms with Gasteiger partial charge in [-0.3, -0.25) is 0 Å². The maximum absolute atomic E-state index is 8.83. The van der Waals surface area contributed by atoms with Crippen LogP contribution >= 0.6 is 11.6 Å². The van der Waals surface area contributed by atoms with Gasteiger partial charge in [0.2, 0.25) is 5.28 Å². The number of aromatic nitrogens is 4. The molecular weight excluding hydrogens is 242 g/mol. The van der Waals surface area contributed by atoms with Gasteiger partial charge < -0.3 is 15.4 Å². The van der Waals surface area contributed by atoms with E-state index in [1.165, 1.54) is 0 Å². The number of aliphatic hydroxyl groups is 1. The number of rotatable bonds is 5. The molecule has 0 aliphatic rings. The number of aliphatic hydroxyl groups excluding tert-OH is 1.